The molecule has 2 aromatic carbocycles. The zero-order valence-corrected chi connectivity index (χ0v) is 22.5. The quantitative estimate of drug-likeness (QED) is 0.173. The Morgan fingerprint density at radius 2 is 2.05 bits per heavy atom. The first-order valence-electron chi connectivity index (χ1n) is 12.3. The zero-order valence-electron chi connectivity index (χ0n) is 20.9. The number of carbonyl (C=O) groups is 1. The lowest BCUT2D eigenvalue weighted by Crippen LogP contribution is -2.48. The number of benzene rings is 2. The van der Waals surface area contributed by atoms with Gasteiger partial charge in [0, 0.05) is 34.3 Å². The number of halogens is 3. The number of thioether (sulfide) groups is 1. The Labute approximate surface area is 229 Å². The second kappa shape index (κ2) is 12.6. The fourth-order valence-electron chi connectivity index (χ4n) is 4.98. The molecule has 0 spiro atoms. The van der Waals surface area contributed by atoms with Crippen LogP contribution in [0.5, 0.6) is 5.75 Å². The van der Waals surface area contributed by atoms with Gasteiger partial charge in [-0.25, -0.2) is 14.3 Å². The highest BCUT2D eigenvalue weighted by molar-refractivity contribution is 7.99. The van der Waals surface area contributed by atoms with Gasteiger partial charge in [-0.15, -0.1) is 11.8 Å². The van der Waals surface area contributed by atoms with Crippen LogP contribution in [0.2, 0.25) is 5.02 Å². The molecule has 1 aliphatic rings. The van der Waals surface area contributed by atoms with Gasteiger partial charge in [0.15, 0.2) is 11.6 Å². The number of likely N-dealkylation sites (tertiary alicyclic amines) is 1. The number of fused-ring (bicyclic) bond motifs is 1. The minimum Gasteiger partial charge on any atom is -0.497 e. The Morgan fingerprint density at radius 3 is 2.76 bits per heavy atom. The van der Waals surface area contributed by atoms with Crippen LogP contribution < -0.4 is 10.2 Å². The van der Waals surface area contributed by atoms with Gasteiger partial charge in [0.1, 0.15) is 5.75 Å². The summed E-state index contributed by atoms with van der Waals surface area (Å²) in [6, 6.07) is 9.47. The minimum atomic E-state index is -0.959. The van der Waals surface area contributed by atoms with Crippen molar-refractivity contribution >= 4 is 40.2 Å². The number of hydroxylamine groups is 1. The number of nitrogens with one attached hydrogen (secondary N) is 1. The minimum absolute atomic E-state index is 0.248. The Bertz CT molecular complexity index is 1290. The van der Waals surface area contributed by atoms with Crippen LogP contribution in [-0.2, 0) is 4.79 Å². The number of ether oxygens (including phenoxy) is 1. The second-order valence-electron chi connectivity index (χ2n) is 9.42. The molecule has 1 saturated heterocycles. The number of aliphatic hydroxyl groups excluding tert-OH is 1. The van der Waals surface area contributed by atoms with Crippen molar-refractivity contribution in [1.29, 1.82) is 0 Å². The van der Waals surface area contributed by atoms with E-state index in [0.29, 0.717) is 71.9 Å². The van der Waals surface area contributed by atoms with E-state index in [9.17, 15) is 23.9 Å². The van der Waals surface area contributed by atoms with Crippen molar-refractivity contribution in [3.8, 4) is 5.75 Å². The van der Waals surface area contributed by atoms with Gasteiger partial charge in [0.2, 0.25) is 5.91 Å². The second-order valence-corrected chi connectivity index (χ2v) is 11.0. The van der Waals surface area contributed by atoms with E-state index in [1.165, 1.54) is 24.0 Å². The number of methoxy groups -OCH3 is 1. The van der Waals surface area contributed by atoms with Crippen LogP contribution in [0.3, 0.4) is 0 Å². The lowest BCUT2D eigenvalue weighted by atomic mass is 9.73. The predicted octanol–water partition coefficient (Wildman–Crippen LogP) is 5.37. The zero-order chi connectivity index (χ0) is 27.3. The number of amides is 1. The number of nitrogens with zero attached hydrogens (tertiary/aromatic N) is 2. The van der Waals surface area contributed by atoms with Gasteiger partial charge in [-0.3, -0.25) is 15.0 Å². The molecule has 11 heteroatoms. The smallest absolute Gasteiger partial charge is 0.249 e. The summed E-state index contributed by atoms with van der Waals surface area (Å²) in [5.41, 5.74) is 2.14. The van der Waals surface area contributed by atoms with E-state index in [-0.39, 0.29) is 11.3 Å². The van der Waals surface area contributed by atoms with Crippen molar-refractivity contribution in [1.82, 2.24) is 15.4 Å². The van der Waals surface area contributed by atoms with Crippen LogP contribution in [-0.4, -0.2) is 58.6 Å². The number of aliphatic hydroxyl groups is 1. The van der Waals surface area contributed by atoms with Gasteiger partial charge < -0.3 is 14.7 Å². The lowest BCUT2D eigenvalue weighted by molar-refractivity contribution is -0.143. The molecule has 0 saturated carbocycles. The van der Waals surface area contributed by atoms with E-state index >= 15 is 0 Å². The standard InChI is InChI=1S/C27H30ClF2N3O4S/c1-37-17-5-6-21-18(15-17)24(19(28)16-31-21)22(34)7-8-27(26(35)32-36)9-11-33(12-10-27)13-14-38-23-4-2-3-20(29)25(23)30/h2-6,15-16,22,34,36H,7-14H2,1H3,(H,32,35). The SMILES string of the molecule is COc1ccc2ncc(Cl)c(C(O)CCC3(C(=O)NO)CCN(CCSc4cccc(F)c4F)CC3)c2c1. The van der Waals surface area contributed by atoms with Gasteiger partial charge in [0.25, 0.3) is 0 Å². The van der Waals surface area contributed by atoms with E-state index in [4.69, 9.17) is 16.3 Å². The predicted molar refractivity (Wildman–Crippen MR) is 143 cm³/mol. The first-order chi connectivity index (χ1) is 18.3. The molecule has 1 aliphatic heterocycles. The highest BCUT2D eigenvalue weighted by Gasteiger charge is 2.41. The van der Waals surface area contributed by atoms with Gasteiger partial charge in [-0.05, 0) is 69.1 Å². The van der Waals surface area contributed by atoms with Crippen LogP contribution >= 0.6 is 23.4 Å². The van der Waals surface area contributed by atoms with Crippen molar-refractivity contribution in [3.63, 3.8) is 0 Å². The molecule has 3 N–H and O–H groups in total. The summed E-state index contributed by atoms with van der Waals surface area (Å²) in [4.78, 5) is 19.5. The van der Waals surface area contributed by atoms with Crippen molar-refractivity contribution < 1.29 is 28.6 Å². The normalized spacial score (nSPS) is 16.4. The summed E-state index contributed by atoms with van der Waals surface area (Å²) < 4.78 is 32.7. The molecule has 38 heavy (non-hydrogen) atoms. The molecule has 0 radical (unpaired) electrons. The average molecular weight is 566 g/mol. The average Bonchev–Trinajstić information content (AvgIpc) is 2.93. The van der Waals surface area contributed by atoms with E-state index < -0.39 is 29.1 Å². The largest absolute Gasteiger partial charge is 0.497 e. The van der Waals surface area contributed by atoms with E-state index in [2.05, 4.69) is 9.88 Å². The molecule has 3 aromatic rings. The summed E-state index contributed by atoms with van der Waals surface area (Å²) in [5.74, 6) is -1.01. The third kappa shape index (κ3) is 6.21. The molecule has 204 valence electrons. The fraction of sp³-hybridized carbons (Fsp3) is 0.407. The maximum Gasteiger partial charge on any atom is 0.249 e. The molecular formula is C27H30ClF2N3O4S. The summed E-state index contributed by atoms with van der Waals surface area (Å²) in [7, 11) is 1.55. The monoisotopic (exact) mass is 565 g/mol. The first-order valence-corrected chi connectivity index (χ1v) is 13.7. The number of rotatable bonds is 10. The Morgan fingerprint density at radius 1 is 1.29 bits per heavy atom. The summed E-state index contributed by atoms with van der Waals surface area (Å²) in [5, 5.41) is 21.6. The van der Waals surface area contributed by atoms with Crippen LogP contribution in [0.1, 0.15) is 37.4 Å². The number of hydrogen-bond donors (Lipinski definition) is 3. The van der Waals surface area contributed by atoms with Gasteiger partial charge >= 0.3 is 0 Å². The topological polar surface area (TPSA) is 94.9 Å². The van der Waals surface area contributed by atoms with E-state index in [1.807, 2.05) is 5.48 Å². The number of hydrogen-bond acceptors (Lipinski definition) is 7. The van der Waals surface area contributed by atoms with Gasteiger partial charge in [-0.1, -0.05) is 17.7 Å². The van der Waals surface area contributed by atoms with Crippen molar-refractivity contribution in [2.24, 2.45) is 5.41 Å². The number of pyridine rings is 1. The van der Waals surface area contributed by atoms with Crippen LogP contribution in [0.4, 0.5) is 8.78 Å². The van der Waals surface area contributed by atoms with E-state index in [0.717, 1.165) is 6.07 Å². The molecule has 1 atom stereocenters. The first kappa shape index (κ1) is 28.5. The third-order valence-corrected chi connectivity index (χ3v) is 8.59. The molecule has 1 aromatic heterocycles. The third-order valence-electron chi connectivity index (χ3n) is 7.28. The van der Waals surface area contributed by atoms with Gasteiger partial charge in [-0.2, -0.15) is 0 Å². The number of aromatic nitrogens is 1. The molecule has 0 bridgehead atoms. The number of piperidine rings is 1. The Kier molecular flexibility index (Phi) is 9.43. The Hall–Kier alpha value is -2.50. The lowest BCUT2D eigenvalue weighted by Gasteiger charge is -2.40. The fourth-order valence-corrected chi connectivity index (χ4v) is 6.23. The molecular weight excluding hydrogens is 536 g/mol. The van der Waals surface area contributed by atoms with Crippen molar-refractivity contribution in [2.75, 3.05) is 32.5 Å². The summed E-state index contributed by atoms with van der Waals surface area (Å²) in [6.07, 6.45) is 2.07. The van der Waals surface area contributed by atoms with Crippen LogP contribution in [0.15, 0.2) is 47.5 Å². The van der Waals surface area contributed by atoms with Gasteiger partial charge in [0.05, 0.1) is 29.2 Å². The molecule has 4 rings (SSSR count). The van der Waals surface area contributed by atoms with Crippen molar-refractivity contribution in [3.05, 3.63) is 64.8 Å². The molecule has 2 heterocycles. The highest BCUT2D eigenvalue weighted by Crippen LogP contribution is 2.41. The summed E-state index contributed by atoms with van der Waals surface area (Å²) in [6.45, 7) is 1.82. The Balaban J connectivity index is 1.40. The van der Waals surface area contributed by atoms with Crippen LogP contribution in [0, 0.1) is 17.0 Å². The summed E-state index contributed by atoms with van der Waals surface area (Å²) >= 11 is 7.68. The van der Waals surface area contributed by atoms with E-state index in [1.54, 1.807) is 31.4 Å². The maximum absolute atomic E-state index is 13.9. The molecule has 0 aliphatic carbocycles. The van der Waals surface area contributed by atoms with Crippen molar-refractivity contribution in [2.45, 2.75) is 36.7 Å². The molecule has 7 nitrogen and oxygen atoms in total. The highest BCUT2D eigenvalue weighted by atomic mass is 35.5. The number of carbonyl (C=O) groups excluding carboxylic acids is 1. The maximum atomic E-state index is 13.9. The van der Waals surface area contributed by atoms with Crippen LogP contribution in [0.25, 0.3) is 10.9 Å². The molecule has 1 unspecified atom stereocenters. The molecule has 1 fully saturated rings. The molecule has 1 amide bonds.